The second-order valence-electron chi connectivity index (χ2n) is 4.97. The molecule has 1 aromatic heterocycles. The minimum Gasteiger partial charge on any atom is -0.493 e. The van der Waals surface area contributed by atoms with Gasteiger partial charge in [-0.25, -0.2) is 4.79 Å². The Labute approximate surface area is 138 Å². The van der Waals surface area contributed by atoms with Gasteiger partial charge in [-0.2, -0.15) is 0 Å². The summed E-state index contributed by atoms with van der Waals surface area (Å²) in [5, 5.41) is 0.348. The van der Waals surface area contributed by atoms with Crippen molar-refractivity contribution in [3.8, 4) is 5.75 Å². The molecule has 2 rings (SSSR count). The van der Waals surface area contributed by atoms with Gasteiger partial charge in [0.15, 0.2) is 5.43 Å². The van der Waals surface area contributed by atoms with Crippen LogP contribution in [0, 0.1) is 0 Å². The van der Waals surface area contributed by atoms with Crippen molar-refractivity contribution in [2.75, 3.05) is 20.3 Å². The summed E-state index contributed by atoms with van der Waals surface area (Å²) < 4.78 is 15.1. The molecule has 0 aliphatic rings. The maximum Gasteiger partial charge on any atom is 0.354 e. The summed E-state index contributed by atoms with van der Waals surface area (Å²) >= 11 is 0. The Hall–Kier alpha value is -2.83. The molecule has 1 heterocycles. The molecule has 0 fully saturated rings. The number of benzene rings is 1. The lowest BCUT2D eigenvalue weighted by atomic mass is 10.1. The number of hydrogen-bond acceptors (Lipinski definition) is 6. The fraction of sp³-hybridized carbons (Fsp3) is 0.353. The second-order valence-corrected chi connectivity index (χ2v) is 4.97. The summed E-state index contributed by atoms with van der Waals surface area (Å²) in [7, 11) is 1.24. The van der Waals surface area contributed by atoms with Gasteiger partial charge in [-0.3, -0.25) is 9.59 Å². The minimum absolute atomic E-state index is 0.0782. The van der Waals surface area contributed by atoms with Crippen LogP contribution in [-0.2, 0) is 14.3 Å². The van der Waals surface area contributed by atoms with Gasteiger partial charge >= 0.3 is 11.9 Å². The van der Waals surface area contributed by atoms with Crippen molar-refractivity contribution in [2.24, 2.45) is 0 Å². The van der Waals surface area contributed by atoms with Crippen LogP contribution in [-0.4, -0.2) is 37.2 Å². The van der Waals surface area contributed by atoms with Gasteiger partial charge in [-0.05, 0) is 25.5 Å². The van der Waals surface area contributed by atoms with Crippen LogP contribution in [0.3, 0.4) is 0 Å². The molecule has 24 heavy (non-hydrogen) atoms. The van der Waals surface area contributed by atoms with Gasteiger partial charge in [-0.1, -0.05) is 6.07 Å². The minimum atomic E-state index is -0.616. The summed E-state index contributed by atoms with van der Waals surface area (Å²) in [4.78, 5) is 38.0. The number of aromatic amines is 1. The van der Waals surface area contributed by atoms with E-state index in [1.54, 1.807) is 25.1 Å². The van der Waals surface area contributed by atoms with Gasteiger partial charge < -0.3 is 19.2 Å². The molecule has 1 N–H and O–H groups in total. The molecule has 7 heteroatoms. The number of esters is 2. The lowest BCUT2D eigenvalue weighted by Crippen LogP contribution is -2.13. The number of carbonyl (C=O) groups is 2. The molecule has 128 valence electrons. The Morgan fingerprint density at radius 1 is 1.25 bits per heavy atom. The average molecular weight is 333 g/mol. The van der Waals surface area contributed by atoms with Crippen molar-refractivity contribution in [1.29, 1.82) is 0 Å². The molecule has 0 aliphatic carbocycles. The number of hydrogen-bond donors (Lipinski definition) is 1. The van der Waals surface area contributed by atoms with Crippen molar-refractivity contribution >= 4 is 22.8 Å². The zero-order valence-corrected chi connectivity index (χ0v) is 13.6. The third-order valence-corrected chi connectivity index (χ3v) is 3.31. The summed E-state index contributed by atoms with van der Waals surface area (Å²) in [5.41, 5.74) is 0.213. The van der Waals surface area contributed by atoms with Crippen LogP contribution in [0.4, 0.5) is 0 Å². The molecule has 1 aromatic carbocycles. The highest BCUT2D eigenvalue weighted by molar-refractivity contribution is 5.92. The van der Waals surface area contributed by atoms with E-state index in [2.05, 4.69) is 9.72 Å². The van der Waals surface area contributed by atoms with Gasteiger partial charge in [0.2, 0.25) is 0 Å². The predicted molar refractivity (Wildman–Crippen MR) is 87.3 cm³/mol. The molecule has 0 spiro atoms. The lowest BCUT2D eigenvalue weighted by Gasteiger charge is -2.09. The fourth-order valence-electron chi connectivity index (χ4n) is 2.25. The number of pyridine rings is 1. The molecule has 0 saturated carbocycles. The maximum absolute atomic E-state index is 12.3. The predicted octanol–water partition coefficient (Wildman–Crippen LogP) is 2.04. The van der Waals surface area contributed by atoms with Crippen LogP contribution in [0.1, 0.15) is 30.3 Å². The highest BCUT2D eigenvalue weighted by Gasteiger charge is 2.13. The van der Waals surface area contributed by atoms with E-state index >= 15 is 0 Å². The summed E-state index contributed by atoms with van der Waals surface area (Å²) in [6.07, 6.45) is 0.731. The number of methoxy groups -OCH3 is 1. The molecule has 0 saturated heterocycles. The molecule has 0 atom stereocenters. The number of nitrogens with one attached hydrogen (secondary N) is 1. The van der Waals surface area contributed by atoms with Gasteiger partial charge in [0, 0.05) is 12.5 Å². The number of aromatic nitrogens is 1. The Morgan fingerprint density at radius 2 is 2.04 bits per heavy atom. The number of ether oxygens (including phenoxy) is 3. The van der Waals surface area contributed by atoms with Crippen LogP contribution in [0.25, 0.3) is 10.9 Å². The third kappa shape index (κ3) is 4.13. The lowest BCUT2D eigenvalue weighted by molar-refractivity contribution is -0.143. The maximum atomic E-state index is 12.3. The Kier molecular flexibility index (Phi) is 5.95. The molecule has 2 aromatic rings. The number of rotatable bonds is 7. The van der Waals surface area contributed by atoms with Crippen molar-refractivity contribution in [1.82, 2.24) is 4.98 Å². The first-order chi connectivity index (χ1) is 11.6. The monoisotopic (exact) mass is 333 g/mol. The molecule has 0 radical (unpaired) electrons. The third-order valence-electron chi connectivity index (χ3n) is 3.31. The first-order valence-electron chi connectivity index (χ1n) is 7.59. The van der Waals surface area contributed by atoms with Gasteiger partial charge in [-0.15, -0.1) is 0 Å². The standard InChI is InChI=1S/C17H19NO6/c1-3-23-15(20)8-5-9-24-14-7-4-6-11-16(14)13(19)10-12(18-11)17(21)22-2/h4,6-7,10H,3,5,8-9H2,1-2H3,(H,18,19). The summed E-state index contributed by atoms with van der Waals surface area (Å²) in [6.45, 7) is 2.37. The van der Waals surface area contributed by atoms with E-state index in [9.17, 15) is 14.4 Å². The topological polar surface area (TPSA) is 94.7 Å². The zero-order valence-electron chi connectivity index (χ0n) is 13.6. The molecule has 0 amide bonds. The smallest absolute Gasteiger partial charge is 0.354 e. The summed E-state index contributed by atoms with van der Waals surface area (Å²) in [6, 6.07) is 6.23. The van der Waals surface area contributed by atoms with E-state index in [-0.39, 0.29) is 30.1 Å². The molecular weight excluding hydrogens is 314 g/mol. The molecule has 0 aliphatic heterocycles. The first kappa shape index (κ1) is 17.5. The quantitative estimate of drug-likeness (QED) is 0.615. The average Bonchev–Trinajstić information content (AvgIpc) is 2.58. The highest BCUT2D eigenvalue weighted by atomic mass is 16.5. The van der Waals surface area contributed by atoms with Crippen molar-refractivity contribution in [2.45, 2.75) is 19.8 Å². The fourth-order valence-corrected chi connectivity index (χ4v) is 2.25. The van der Waals surface area contributed by atoms with E-state index in [0.29, 0.717) is 29.7 Å². The Morgan fingerprint density at radius 3 is 2.75 bits per heavy atom. The normalized spacial score (nSPS) is 10.4. The SMILES string of the molecule is CCOC(=O)CCCOc1cccc2[nH]c(C(=O)OC)cc(=O)c12. The van der Waals surface area contributed by atoms with Gasteiger partial charge in [0.1, 0.15) is 11.4 Å². The molecule has 7 nitrogen and oxygen atoms in total. The van der Waals surface area contributed by atoms with E-state index in [4.69, 9.17) is 9.47 Å². The van der Waals surface area contributed by atoms with Crippen LogP contribution in [0.5, 0.6) is 5.75 Å². The van der Waals surface area contributed by atoms with E-state index in [1.165, 1.54) is 13.2 Å². The van der Waals surface area contributed by atoms with Crippen molar-refractivity contribution < 1.29 is 23.8 Å². The Bertz CT molecular complexity index is 795. The Balaban J connectivity index is 2.15. The zero-order chi connectivity index (χ0) is 17.5. The number of H-pyrrole nitrogens is 1. The first-order valence-corrected chi connectivity index (χ1v) is 7.59. The molecular formula is C17H19NO6. The van der Waals surface area contributed by atoms with Gasteiger partial charge in [0.05, 0.1) is 31.2 Å². The summed E-state index contributed by atoms with van der Waals surface area (Å²) in [5.74, 6) is -0.497. The largest absolute Gasteiger partial charge is 0.493 e. The molecule has 0 bridgehead atoms. The van der Waals surface area contributed by atoms with Crippen LogP contribution >= 0.6 is 0 Å². The number of fused-ring (bicyclic) bond motifs is 1. The van der Waals surface area contributed by atoms with E-state index in [0.717, 1.165) is 0 Å². The van der Waals surface area contributed by atoms with Crippen molar-refractivity contribution in [3.63, 3.8) is 0 Å². The second kappa shape index (κ2) is 8.14. The van der Waals surface area contributed by atoms with Crippen LogP contribution in [0.2, 0.25) is 0 Å². The molecule has 0 unspecified atom stereocenters. The highest BCUT2D eigenvalue weighted by Crippen LogP contribution is 2.21. The van der Waals surface area contributed by atoms with E-state index in [1.807, 2.05) is 0 Å². The number of carbonyl (C=O) groups excluding carboxylic acids is 2. The van der Waals surface area contributed by atoms with Gasteiger partial charge in [0.25, 0.3) is 0 Å². The van der Waals surface area contributed by atoms with Crippen LogP contribution < -0.4 is 10.2 Å². The van der Waals surface area contributed by atoms with Crippen molar-refractivity contribution in [3.05, 3.63) is 40.2 Å². The van der Waals surface area contributed by atoms with Crippen LogP contribution in [0.15, 0.2) is 29.1 Å². The van der Waals surface area contributed by atoms with E-state index < -0.39 is 5.97 Å².